The molecule has 1 atom stereocenters. The van der Waals surface area contributed by atoms with Crippen molar-refractivity contribution >= 4 is 23.6 Å². The van der Waals surface area contributed by atoms with E-state index in [9.17, 15) is 9.59 Å². The van der Waals surface area contributed by atoms with Crippen LogP contribution < -0.4 is 10.6 Å². The van der Waals surface area contributed by atoms with E-state index in [1.807, 2.05) is 36.4 Å². The average Bonchev–Trinajstić information content (AvgIpc) is 3.36. The molecule has 9 heteroatoms. The molecule has 8 nitrogen and oxygen atoms in total. The summed E-state index contributed by atoms with van der Waals surface area (Å²) in [5, 5.41) is 14.7. The molecular formula is C26H23ClN4O4. The third kappa shape index (κ3) is 6.45. The number of hydrogen-bond donors (Lipinski definition) is 3. The van der Waals surface area contributed by atoms with Crippen LogP contribution in [0.1, 0.15) is 35.1 Å². The molecule has 2 aromatic heterocycles. The SMILES string of the molecule is O=C(O)NCCC[C@H](NC(=O)c1cccc(-c2cc(Cl)ccn2)c1)c1ncc(-c2ccccc2)o1. The summed E-state index contributed by atoms with van der Waals surface area (Å²) in [6, 6.07) is 19.5. The third-order valence-electron chi connectivity index (χ3n) is 5.27. The van der Waals surface area contributed by atoms with Crippen LogP contribution in [0.15, 0.2) is 83.5 Å². The van der Waals surface area contributed by atoms with E-state index in [0.717, 1.165) is 11.1 Å². The van der Waals surface area contributed by atoms with Crippen LogP contribution in [-0.4, -0.2) is 33.6 Å². The number of nitrogens with one attached hydrogen (secondary N) is 2. The number of hydrogen-bond acceptors (Lipinski definition) is 5. The topological polar surface area (TPSA) is 117 Å². The summed E-state index contributed by atoms with van der Waals surface area (Å²) in [4.78, 5) is 32.6. The summed E-state index contributed by atoms with van der Waals surface area (Å²) in [7, 11) is 0. The molecule has 0 unspecified atom stereocenters. The molecule has 0 radical (unpaired) electrons. The highest BCUT2D eigenvalue weighted by molar-refractivity contribution is 6.30. The number of rotatable bonds is 9. The molecule has 0 bridgehead atoms. The lowest BCUT2D eigenvalue weighted by Crippen LogP contribution is -2.30. The van der Waals surface area contributed by atoms with Gasteiger partial charge in [0.2, 0.25) is 5.89 Å². The van der Waals surface area contributed by atoms with Crippen LogP contribution >= 0.6 is 11.6 Å². The Balaban J connectivity index is 1.54. The fraction of sp³-hybridized carbons (Fsp3) is 0.154. The Kier molecular flexibility index (Phi) is 7.74. The second-order valence-corrected chi connectivity index (χ2v) is 8.21. The summed E-state index contributed by atoms with van der Waals surface area (Å²) >= 11 is 6.08. The first-order valence-corrected chi connectivity index (χ1v) is 11.4. The van der Waals surface area contributed by atoms with Gasteiger partial charge in [0.05, 0.1) is 11.9 Å². The molecule has 0 aliphatic heterocycles. The van der Waals surface area contributed by atoms with Crippen LogP contribution in [0.25, 0.3) is 22.6 Å². The second-order valence-electron chi connectivity index (χ2n) is 7.77. The maximum atomic E-state index is 13.2. The summed E-state index contributed by atoms with van der Waals surface area (Å²) in [5.74, 6) is 0.613. The van der Waals surface area contributed by atoms with Gasteiger partial charge >= 0.3 is 6.09 Å². The fourth-order valence-electron chi connectivity index (χ4n) is 3.57. The van der Waals surface area contributed by atoms with Crippen molar-refractivity contribution < 1.29 is 19.1 Å². The standard InChI is InChI=1S/C26H23ClN4O4/c27-20-11-13-28-22(15-20)18-8-4-9-19(14-18)24(32)31-21(10-5-12-29-26(33)34)25-30-16-23(35-25)17-6-2-1-3-7-17/h1-4,6-9,11,13-16,21,29H,5,10,12H2,(H,31,32)(H,33,34)/t21-/m0/s1. The second kappa shape index (κ2) is 11.3. The number of benzene rings is 2. The molecule has 0 saturated carbocycles. The molecule has 2 heterocycles. The van der Waals surface area contributed by atoms with E-state index in [1.54, 1.807) is 42.7 Å². The number of aromatic nitrogens is 2. The van der Waals surface area contributed by atoms with Gasteiger partial charge in [0.1, 0.15) is 6.04 Å². The van der Waals surface area contributed by atoms with Crippen molar-refractivity contribution in [3.63, 3.8) is 0 Å². The van der Waals surface area contributed by atoms with E-state index >= 15 is 0 Å². The van der Waals surface area contributed by atoms with Gasteiger partial charge in [-0.15, -0.1) is 0 Å². The molecule has 4 aromatic rings. The predicted molar refractivity (Wildman–Crippen MR) is 132 cm³/mol. The molecule has 4 rings (SSSR count). The minimum atomic E-state index is -1.10. The Morgan fingerprint density at radius 3 is 2.57 bits per heavy atom. The van der Waals surface area contributed by atoms with Crippen LogP contribution in [0.5, 0.6) is 0 Å². The molecule has 2 amide bonds. The first kappa shape index (κ1) is 24.0. The van der Waals surface area contributed by atoms with E-state index in [2.05, 4.69) is 20.6 Å². The number of carboxylic acid groups (broad SMARTS) is 1. The number of oxazole rings is 1. The maximum absolute atomic E-state index is 13.2. The van der Waals surface area contributed by atoms with Gasteiger partial charge in [0, 0.05) is 34.5 Å². The lowest BCUT2D eigenvalue weighted by atomic mass is 10.1. The number of pyridine rings is 1. The normalized spacial score (nSPS) is 11.6. The highest BCUT2D eigenvalue weighted by Gasteiger charge is 2.21. The van der Waals surface area contributed by atoms with Crippen molar-refractivity contribution in [3.8, 4) is 22.6 Å². The van der Waals surface area contributed by atoms with Gasteiger partial charge in [-0.2, -0.15) is 0 Å². The van der Waals surface area contributed by atoms with Gasteiger partial charge in [-0.1, -0.05) is 54.1 Å². The highest BCUT2D eigenvalue weighted by atomic mass is 35.5. The largest absolute Gasteiger partial charge is 0.465 e. The zero-order valence-electron chi connectivity index (χ0n) is 18.6. The van der Waals surface area contributed by atoms with E-state index in [4.69, 9.17) is 21.1 Å². The van der Waals surface area contributed by atoms with Crippen LogP contribution in [0, 0.1) is 0 Å². The average molecular weight is 491 g/mol. The summed E-state index contributed by atoms with van der Waals surface area (Å²) in [6.45, 7) is 0.240. The van der Waals surface area contributed by atoms with Crippen LogP contribution in [0.3, 0.4) is 0 Å². The van der Waals surface area contributed by atoms with Gasteiger partial charge < -0.3 is 20.2 Å². The van der Waals surface area contributed by atoms with Gasteiger partial charge in [-0.3, -0.25) is 9.78 Å². The number of nitrogens with zero attached hydrogens (tertiary/aromatic N) is 2. The first-order chi connectivity index (χ1) is 17.0. The smallest absolute Gasteiger partial charge is 0.404 e. The minimum Gasteiger partial charge on any atom is -0.465 e. The van der Waals surface area contributed by atoms with Gasteiger partial charge in [0.15, 0.2) is 5.76 Å². The Labute approximate surface area is 207 Å². The van der Waals surface area contributed by atoms with Gasteiger partial charge in [-0.05, 0) is 37.1 Å². The van der Waals surface area contributed by atoms with Crippen molar-refractivity contribution in [1.29, 1.82) is 0 Å². The molecule has 0 aliphatic carbocycles. The van der Waals surface area contributed by atoms with Gasteiger partial charge in [-0.25, -0.2) is 9.78 Å². The van der Waals surface area contributed by atoms with Crippen molar-refractivity contribution in [3.05, 3.63) is 95.6 Å². The van der Waals surface area contributed by atoms with Crippen LogP contribution in [0.2, 0.25) is 5.02 Å². The minimum absolute atomic E-state index is 0.240. The monoisotopic (exact) mass is 490 g/mol. The quantitative estimate of drug-likeness (QED) is 0.264. The van der Waals surface area contributed by atoms with Crippen LogP contribution in [-0.2, 0) is 0 Å². The maximum Gasteiger partial charge on any atom is 0.404 e. The predicted octanol–water partition coefficient (Wildman–Crippen LogP) is 5.58. The molecule has 0 aliphatic rings. The summed E-state index contributed by atoms with van der Waals surface area (Å²) < 4.78 is 5.97. The summed E-state index contributed by atoms with van der Waals surface area (Å²) in [5.41, 5.74) is 2.71. The Hall–Kier alpha value is -4.17. The third-order valence-corrected chi connectivity index (χ3v) is 5.51. The summed E-state index contributed by atoms with van der Waals surface area (Å²) in [6.07, 6.45) is 3.03. The number of amides is 2. The lowest BCUT2D eigenvalue weighted by Gasteiger charge is -2.16. The zero-order valence-corrected chi connectivity index (χ0v) is 19.4. The fourth-order valence-corrected chi connectivity index (χ4v) is 3.73. The molecule has 0 fully saturated rings. The number of carbonyl (C=O) groups excluding carboxylic acids is 1. The van der Waals surface area contributed by atoms with Crippen LogP contribution in [0.4, 0.5) is 4.79 Å². The Morgan fingerprint density at radius 1 is 1.00 bits per heavy atom. The first-order valence-electron chi connectivity index (χ1n) is 11.0. The molecule has 178 valence electrons. The lowest BCUT2D eigenvalue weighted by molar-refractivity contribution is 0.0927. The number of halogens is 1. The van der Waals surface area contributed by atoms with E-state index < -0.39 is 12.1 Å². The number of carbonyl (C=O) groups is 2. The molecule has 0 saturated heterocycles. The van der Waals surface area contributed by atoms with Crippen molar-refractivity contribution in [2.24, 2.45) is 0 Å². The van der Waals surface area contributed by atoms with E-state index in [-0.39, 0.29) is 12.5 Å². The van der Waals surface area contributed by atoms with Crippen molar-refractivity contribution in [1.82, 2.24) is 20.6 Å². The highest BCUT2D eigenvalue weighted by Crippen LogP contribution is 2.26. The molecule has 35 heavy (non-hydrogen) atoms. The van der Waals surface area contributed by atoms with E-state index in [1.165, 1.54) is 0 Å². The molecule has 2 aromatic carbocycles. The molecular weight excluding hydrogens is 468 g/mol. The molecule has 3 N–H and O–H groups in total. The Morgan fingerprint density at radius 2 is 1.80 bits per heavy atom. The zero-order chi connectivity index (χ0) is 24.6. The Bertz CT molecular complexity index is 1310. The van der Waals surface area contributed by atoms with Gasteiger partial charge in [0.25, 0.3) is 5.91 Å². The van der Waals surface area contributed by atoms with E-state index in [0.29, 0.717) is 40.8 Å². The van der Waals surface area contributed by atoms with Crippen molar-refractivity contribution in [2.75, 3.05) is 6.54 Å². The molecule has 0 spiro atoms. The van der Waals surface area contributed by atoms with Crippen molar-refractivity contribution in [2.45, 2.75) is 18.9 Å².